The second-order valence-electron chi connectivity index (χ2n) is 5.56. The molecule has 0 spiro atoms. The number of aromatic nitrogens is 2. The third kappa shape index (κ3) is 2.56. The Labute approximate surface area is 138 Å². The Morgan fingerprint density at radius 3 is 2.67 bits per heavy atom. The normalized spacial score (nSPS) is 10.9. The molecule has 0 saturated carbocycles. The van der Waals surface area contributed by atoms with Crippen molar-refractivity contribution in [1.29, 1.82) is 0 Å². The summed E-state index contributed by atoms with van der Waals surface area (Å²) < 4.78 is 7.09. The Morgan fingerprint density at radius 2 is 1.96 bits per heavy atom. The maximum absolute atomic E-state index is 12.0. The van der Waals surface area contributed by atoms with Crippen LogP contribution in [0.15, 0.2) is 71.6 Å². The van der Waals surface area contributed by atoms with E-state index in [4.69, 9.17) is 4.42 Å². The number of amides is 1. The summed E-state index contributed by atoms with van der Waals surface area (Å²) in [4.78, 5) is 16.6. The smallest absolute Gasteiger partial charge is 0.291 e. The van der Waals surface area contributed by atoms with Crippen molar-refractivity contribution in [2.75, 3.05) is 5.32 Å². The Morgan fingerprint density at radius 1 is 1.12 bits per heavy atom. The number of carbonyl (C=O) groups is 1. The summed E-state index contributed by atoms with van der Waals surface area (Å²) in [6, 6.07) is 14.9. The Kier molecular flexibility index (Phi) is 3.39. The molecule has 3 heterocycles. The van der Waals surface area contributed by atoms with E-state index in [0.29, 0.717) is 5.69 Å². The van der Waals surface area contributed by atoms with Gasteiger partial charge in [0.05, 0.1) is 12.0 Å². The van der Waals surface area contributed by atoms with Gasteiger partial charge in [0.15, 0.2) is 5.76 Å². The standard InChI is InChI=1S/C19H15N3O2/c1-13-4-2-10-22-12-16(21-18(13)22)14-6-8-15(9-7-14)20-19(23)17-5-3-11-24-17/h2-12H,1H3,(H,20,23). The average molecular weight is 317 g/mol. The van der Waals surface area contributed by atoms with Crippen LogP contribution in [-0.4, -0.2) is 15.3 Å². The molecular formula is C19H15N3O2. The first-order valence-corrected chi connectivity index (χ1v) is 7.60. The number of carbonyl (C=O) groups excluding carboxylic acids is 1. The van der Waals surface area contributed by atoms with Crippen molar-refractivity contribution in [3.8, 4) is 11.3 Å². The van der Waals surface area contributed by atoms with Crippen molar-refractivity contribution in [1.82, 2.24) is 9.38 Å². The highest BCUT2D eigenvalue weighted by Gasteiger charge is 2.09. The van der Waals surface area contributed by atoms with Gasteiger partial charge in [-0.05, 0) is 42.8 Å². The van der Waals surface area contributed by atoms with Crippen LogP contribution < -0.4 is 5.32 Å². The number of rotatable bonds is 3. The Bertz CT molecular complexity index is 999. The summed E-state index contributed by atoms with van der Waals surface area (Å²) in [6.07, 6.45) is 5.46. The van der Waals surface area contributed by atoms with Gasteiger partial charge in [0.25, 0.3) is 5.91 Å². The van der Waals surface area contributed by atoms with Crippen LogP contribution in [0.25, 0.3) is 16.9 Å². The first-order chi connectivity index (χ1) is 11.7. The van der Waals surface area contributed by atoms with Crippen molar-refractivity contribution >= 4 is 17.2 Å². The monoisotopic (exact) mass is 317 g/mol. The number of nitrogens with zero attached hydrogens (tertiary/aromatic N) is 2. The van der Waals surface area contributed by atoms with Crippen LogP contribution in [0.5, 0.6) is 0 Å². The van der Waals surface area contributed by atoms with Gasteiger partial charge in [0.1, 0.15) is 5.65 Å². The molecule has 0 fully saturated rings. The molecule has 4 aromatic rings. The molecule has 5 nitrogen and oxygen atoms in total. The molecule has 0 radical (unpaired) electrons. The maximum atomic E-state index is 12.0. The fourth-order valence-corrected chi connectivity index (χ4v) is 2.62. The molecule has 0 bridgehead atoms. The van der Waals surface area contributed by atoms with Crippen molar-refractivity contribution in [3.05, 3.63) is 78.5 Å². The van der Waals surface area contributed by atoms with Gasteiger partial charge in [-0.25, -0.2) is 4.98 Å². The predicted octanol–water partition coefficient (Wildman–Crippen LogP) is 4.16. The minimum absolute atomic E-state index is 0.267. The molecule has 0 aliphatic rings. The molecule has 1 amide bonds. The molecule has 0 saturated heterocycles. The summed E-state index contributed by atoms with van der Waals surface area (Å²) in [5.74, 6) is 0.0195. The van der Waals surface area contributed by atoms with Crippen LogP contribution in [0.2, 0.25) is 0 Å². The minimum Gasteiger partial charge on any atom is -0.459 e. The van der Waals surface area contributed by atoms with Crippen LogP contribution in [0, 0.1) is 6.92 Å². The van der Waals surface area contributed by atoms with E-state index >= 15 is 0 Å². The van der Waals surface area contributed by atoms with Gasteiger partial charge in [-0.15, -0.1) is 0 Å². The SMILES string of the molecule is Cc1cccn2cc(-c3ccc(NC(=O)c4ccco4)cc3)nc12. The molecule has 4 rings (SSSR count). The lowest BCUT2D eigenvalue weighted by molar-refractivity contribution is 0.0996. The van der Waals surface area contributed by atoms with Gasteiger partial charge >= 0.3 is 0 Å². The lowest BCUT2D eigenvalue weighted by Crippen LogP contribution is -2.10. The lowest BCUT2D eigenvalue weighted by Gasteiger charge is -2.04. The van der Waals surface area contributed by atoms with Crippen LogP contribution >= 0.6 is 0 Å². The third-order valence-corrected chi connectivity index (χ3v) is 3.86. The highest BCUT2D eigenvalue weighted by atomic mass is 16.3. The second kappa shape index (κ2) is 5.70. The Hall–Kier alpha value is -3.34. The highest BCUT2D eigenvalue weighted by Crippen LogP contribution is 2.22. The van der Waals surface area contributed by atoms with E-state index in [0.717, 1.165) is 22.5 Å². The summed E-state index contributed by atoms with van der Waals surface area (Å²) in [5, 5.41) is 2.80. The summed E-state index contributed by atoms with van der Waals surface area (Å²) in [5.41, 5.74) is 4.68. The van der Waals surface area contributed by atoms with E-state index in [1.165, 1.54) is 6.26 Å². The number of benzene rings is 1. The van der Waals surface area contributed by atoms with E-state index in [9.17, 15) is 4.79 Å². The minimum atomic E-state index is -0.267. The number of furan rings is 1. The molecule has 0 unspecified atom stereocenters. The quantitative estimate of drug-likeness (QED) is 0.617. The lowest BCUT2D eigenvalue weighted by atomic mass is 10.1. The molecule has 0 aliphatic carbocycles. The number of anilines is 1. The zero-order chi connectivity index (χ0) is 16.5. The highest BCUT2D eigenvalue weighted by molar-refractivity contribution is 6.02. The molecular weight excluding hydrogens is 302 g/mol. The summed E-state index contributed by atoms with van der Waals surface area (Å²) in [6.45, 7) is 2.04. The molecule has 0 atom stereocenters. The number of aryl methyl sites for hydroxylation is 1. The van der Waals surface area contributed by atoms with Crippen LogP contribution in [-0.2, 0) is 0 Å². The van der Waals surface area contributed by atoms with Crippen molar-refractivity contribution in [3.63, 3.8) is 0 Å². The third-order valence-electron chi connectivity index (χ3n) is 3.86. The second-order valence-corrected chi connectivity index (χ2v) is 5.56. The summed E-state index contributed by atoms with van der Waals surface area (Å²) in [7, 11) is 0. The molecule has 1 aromatic carbocycles. The number of hydrogen-bond donors (Lipinski definition) is 1. The van der Waals surface area contributed by atoms with E-state index in [1.807, 2.05) is 60.1 Å². The number of fused-ring (bicyclic) bond motifs is 1. The van der Waals surface area contributed by atoms with Crippen LogP contribution in [0.1, 0.15) is 16.1 Å². The number of hydrogen-bond acceptors (Lipinski definition) is 3. The van der Waals surface area contributed by atoms with Gasteiger partial charge < -0.3 is 14.1 Å². The zero-order valence-corrected chi connectivity index (χ0v) is 13.1. The van der Waals surface area contributed by atoms with Gasteiger partial charge in [-0.1, -0.05) is 18.2 Å². The van der Waals surface area contributed by atoms with Crippen molar-refractivity contribution < 1.29 is 9.21 Å². The van der Waals surface area contributed by atoms with Gasteiger partial charge in [0.2, 0.25) is 0 Å². The topological polar surface area (TPSA) is 59.5 Å². The van der Waals surface area contributed by atoms with Crippen molar-refractivity contribution in [2.45, 2.75) is 6.92 Å². The molecule has 118 valence electrons. The van der Waals surface area contributed by atoms with Gasteiger partial charge in [-0.2, -0.15) is 0 Å². The van der Waals surface area contributed by atoms with E-state index < -0.39 is 0 Å². The van der Waals surface area contributed by atoms with E-state index in [1.54, 1.807) is 12.1 Å². The van der Waals surface area contributed by atoms with E-state index in [-0.39, 0.29) is 11.7 Å². The number of imidazole rings is 1. The average Bonchev–Trinajstić information content (AvgIpc) is 3.26. The van der Waals surface area contributed by atoms with Crippen LogP contribution in [0.4, 0.5) is 5.69 Å². The van der Waals surface area contributed by atoms with Crippen molar-refractivity contribution in [2.24, 2.45) is 0 Å². The molecule has 24 heavy (non-hydrogen) atoms. The fourth-order valence-electron chi connectivity index (χ4n) is 2.62. The number of nitrogens with one attached hydrogen (secondary N) is 1. The largest absolute Gasteiger partial charge is 0.459 e. The molecule has 3 aromatic heterocycles. The van der Waals surface area contributed by atoms with E-state index in [2.05, 4.69) is 10.3 Å². The fraction of sp³-hybridized carbons (Fsp3) is 0.0526. The first-order valence-electron chi connectivity index (χ1n) is 7.60. The van der Waals surface area contributed by atoms with Gasteiger partial charge in [-0.3, -0.25) is 4.79 Å². The molecule has 0 aliphatic heterocycles. The maximum Gasteiger partial charge on any atom is 0.291 e. The summed E-state index contributed by atoms with van der Waals surface area (Å²) >= 11 is 0. The number of pyridine rings is 1. The molecule has 5 heteroatoms. The predicted molar refractivity (Wildman–Crippen MR) is 92.0 cm³/mol. The van der Waals surface area contributed by atoms with Gasteiger partial charge in [0, 0.05) is 23.6 Å². The Balaban J connectivity index is 1.58. The zero-order valence-electron chi connectivity index (χ0n) is 13.1. The molecule has 1 N–H and O–H groups in total. The first kappa shape index (κ1) is 14.3. The van der Waals surface area contributed by atoms with Crippen LogP contribution in [0.3, 0.4) is 0 Å².